The Morgan fingerprint density at radius 3 is 2.65 bits per heavy atom. The van der Waals surface area contributed by atoms with E-state index >= 15 is 0 Å². The van der Waals surface area contributed by atoms with Crippen molar-refractivity contribution in [2.45, 2.75) is 30.1 Å². The van der Waals surface area contributed by atoms with Gasteiger partial charge in [0, 0.05) is 17.3 Å². The van der Waals surface area contributed by atoms with Gasteiger partial charge in [-0.25, -0.2) is 0 Å². The zero-order chi connectivity index (χ0) is 22.2. The molecule has 5 nitrogen and oxygen atoms in total. The number of nitrogens with one attached hydrogen (secondary N) is 1. The lowest BCUT2D eigenvalue weighted by Crippen LogP contribution is -2.15. The van der Waals surface area contributed by atoms with Gasteiger partial charge >= 0.3 is 0 Å². The number of halogens is 2. The predicted octanol–water partition coefficient (Wildman–Crippen LogP) is 6.24. The molecular weight excluding hydrogens is 471 g/mol. The average Bonchev–Trinajstić information content (AvgIpc) is 3.12. The number of carbonyl (C=O) groups excluding carboxylic acids is 1. The van der Waals surface area contributed by atoms with Crippen LogP contribution in [0, 0.1) is 6.92 Å². The number of hydrogen-bond acceptors (Lipinski definition) is 5. The maximum atomic E-state index is 12.3. The lowest BCUT2D eigenvalue weighted by atomic mass is 10.2. The highest BCUT2D eigenvalue weighted by Crippen LogP contribution is 2.26. The number of carbonyl (C=O) groups is 1. The van der Waals surface area contributed by atoms with Gasteiger partial charge in [0.1, 0.15) is 5.82 Å². The van der Waals surface area contributed by atoms with E-state index in [4.69, 9.17) is 23.2 Å². The summed E-state index contributed by atoms with van der Waals surface area (Å²) < 4.78 is 1.99. The van der Waals surface area contributed by atoms with E-state index in [-0.39, 0.29) is 11.7 Å². The van der Waals surface area contributed by atoms with Crippen molar-refractivity contribution in [2.75, 3.05) is 11.1 Å². The largest absolute Gasteiger partial charge is 0.324 e. The third-order valence-electron chi connectivity index (χ3n) is 4.26. The first-order valence-electron chi connectivity index (χ1n) is 9.50. The van der Waals surface area contributed by atoms with Crippen molar-refractivity contribution in [3.05, 3.63) is 82.1 Å². The van der Waals surface area contributed by atoms with Gasteiger partial charge in [-0.1, -0.05) is 70.9 Å². The van der Waals surface area contributed by atoms with Crippen LogP contribution in [-0.2, 0) is 22.8 Å². The van der Waals surface area contributed by atoms with Gasteiger partial charge in [0.2, 0.25) is 5.91 Å². The Bertz CT molecular complexity index is 1050. The van der Waals surface area contributed by atoms with Crippen LogP contribution in [0.2, 0.25) is 10.0 Å². The van der Waals surface area contributed by atoms with Gasteiger partial charge in [0.05, 0.1) is 22.2 Å². The fourth-order valence-electron chi connectivity index (χ4n) is 2.70. The monoisotopic (exact) mass is 492 g/mol. The van der Waals surface area contributed by atoms with Crippen LogP contribution in [0.5, 0.6) is 0 Å². The summed E-state index contributed by atoms with van der Waals surface area (Å²) >= 11 is 15.1. The summed E-state index contributed by atoms with van der Waals surface area (Å²) in [6.45, 7) is 6.49. The van der Waals surface area contributed by atoms with Crippen molar-refractivity contribution in [3.63, 3.8) is 0 Å². The van der Waals surface area contributed by atoms with E-state index in [1.807, 2.05) is 4.57 Å². The average molecular weight is 493 g/mol. The molecule has 0 unspecified atom stereocenters. The van der Waals surface area contributed by atoms with Crippen molar-refractivity contribution in [1.29, 1.82) is 0 Å². The van der Waals surface area contributed by atoms with E-state index in [1.165, 1.54) is 22.9 Å². The highest BCUT2D eigenvalue weighted by Gasteiger charge is 2.14. The fraction of sp³-hybridized carbons (Fsp3) is 0.227. The van der Waals surface area contributed by atoms with Crippen molar-refractivity contribution in [3.8, 4) is 0 Å². The quantitative estimate of drug-likeness (QED) is 0.268. The van der Waals surface area contributed by atoms with Gasteiger partial charge in [0.25, 0.3) is 0 Å². The fourth-order valence-corrected chi connectivity index (χ4v) is 4.85. The number of rotatable bonds is 10. The minimum absolute atomic E-state index is 0.183. The van der Waals surface area contributed by atoms with Crippen LogP contribution in [0.1, 0.15) is 17.0 Å². The molecule has 0 aliphatic carbocycles. The summed E-state index contributed by atoms with van der Waals surface area (Å²) in [6.07, 6.45) is 1.80. The summed E-state index contributed by atoms with van der Waals surface area (Å²) in [4.78, 5) is 12.3. The summed E-state index contributed by atoms with van der Waals surface area (Å²) in [5.41, 5.74) is 3.05. The number of aryl methyl sites for hydroxylation is 1. The number of benzene rings is 2. The highest BCUT2D eigenvalue weighted by atomic mass is 35.5. The Morgan fingerprint density at radius 2 is 1.94 bits per heavy atom. The molecule has 31 heavy (non-hydrogen) atoms. The van der Waals surface area contributed by atoms with Crippen molar-refractivity contribution in [2.24, 2.45) is 0 Å². The third-order valence-corrected chi connectivity index (χ3v) is 6.78. The zero-order valence-corrected chi connectivity index (χ0v) is 20.1. The maximum Gasteiger partial charge on any atom is 0.234 e. The molecule has 0 saturated carbocycles. The Kier molecular flexibility index (Phi) is 8.90. The molecule has 0 aliphatic heterocycles. The molecule has 3 aromatic rings. The van der Waals surface area contributed by atoms with E-state index in [2.05, 4.69) is 53.3 Å². The number of anilines is 1. The molecule has 0 fully saturated rings. The van der Waals surface area contributed by atoms with Crippen molar-refractivity contribution >= 4 is 58.3 Å². The Labute approximate surface area is 200 Å². The molecule has 0 saturated heterocycles. The molecule has 3 rings (SSSR count). The normalized spacial score (nSPS) is 10.8. The molecule has 1 aromatic heterocycles. The number of nitrogens with zero attached hydrogens (tertiary/aromatic N) is 3. The summed E-state index contributed by atoms with van der Waals surface area (Å²) in [5.74, 6) is 2.49. The third kappa shape index (κ3) is 7.04. The highest BCUT2D eigenvalue weighted by molar-refractivity contribution is 7.99. The van der Waals surface area contributed by atoms with Gasteiger partial charge < -0.3 is 9.88 Å². The van der Waals surface area contributed by atoms with E-state index in [0.717, 1.165) is 17.3 Å². The van der Waals surface area contributed by atoms with E-state index in [9.17, 15) is 4.79 Å². The van der Waals surface area contributed by atoms with E-state index in [1.54, 1.807) is 36.0 Å². The summed E-state index contributed by atoms with van der Waals surface area (Å²) in [6, 6.07) is 13.5. The molecule has 1 N–H and O–H groups in total. The van der Waals surface area contributed by atoms with E-state index in [0.29, 0.717) is 27.4 Å². The van der Waals surface area contributed by atoms with Gasteiger partial charge in [-0.2, -0.15) is 0 Å². The first kappa shape index (κ1) is 23.7. The number of amides is 1. The first-order valence-corrected chi connectivity index (χ1v) is 12.4. The Hall–Kier alpha value is -1.93. The molecule has 0 radical (unpaired) electrons. The zero-order valence-electron chi connectivity index (χ0n) is 17.0. The van der Waals surface area contributed by atoms with Crippen LogP contribution in [0.3, 0.4) is 0 Å². The molecule has 1 heterocycles. The molecular formula is C22H22Cl2N4OS2. The number of aromatic nitrogens is 3. The summed E-state index contributed by atoms with van der Waals surface area (Å²) in [5, 5.41) is 13.0. The molecule has 2 aromatic carbocycles. The molecule has 1 amide bonds. The van der Waals surface area contributed by atoms with Crippen LogP contribution in [0.15, 0.2) is 60.3 Å². The second-order valence-corrected chi connectivity index (χ2v) is 9.51. The lowest BCUT2D eigenvalue weighted by molar-refractivity contribution is -0.113. The van der Waals surface area contributed by atoms with Crippen LogP contribution in [-0.4, -0.2) is 26.4 Å². The number of hydrogen-bond donors (Lipinski definition) is 1. The van der Waals surface area contributed by atoms with Gasteiger partial charge in [-0.3, -0.25) is 4.79 Å². The minimum atomic E-state index is -0.183. The van der Waals surface area contributed by atoms with Crippen molar-refractivity contribution in [1.82, 2.24) is 14.8 Å². The Balaban J connectivity index is 1.56. The van der Waals surface area contributed by atoms with E-state index < -0.39 is 0 Å². The first-order chi connectivity index (χ1) is 15.0. The van der Waals surface area contributed by atoms with Gasteiger partial charge in [0.15, 0.2) is 5.16 Å². The molecule has 162 valence electrons. The molecule has 0 bridgehead atoms. The summed E-state index contributed by atoms with van der Waals surface area (Å²) in [7, 11) is 0. The van der Waals surface area contributed by atoms with Crippen LogP contribution < -0.4 is 5.32 Å². The molecule has 0 atom stereocenters. The van der Waals surface area contributed by atoms with Gasteiger partial charge in [-0.15, -0.1) is 28.5 Å². The predicted molar refractivity (Wildman–Crippen MR) is 132 cm³/mol. The smallest absolute Gasteiger partial charge is 0.234 e. The SMILES string of the molecule is C=CCn1c(CSCc2ccc(C)cc2)nnc1SCC(=O)Nc1ccc(Cl)cc1Cl. The molecule has 0 spiro atoms. The standard InChI is InChI=1S/C22H22Cl2N4OS2/c1-3-10-28-20(13-30-12-16-6-4-15(2)5-7-16)26-27-22(28)31-14-21(29)25-19-9-8-17(23)11-18(19)24/h3-9,11H,1,10,12-14H2,2H3,(H,25,29). The van der Waals surface area contributed by atoms with Crippen LogP contribution in [0.4, 0.5) is 5.69 Å². The Morgan fingerprint density at radius 1 is 1.16 bits per heavy atom. The lowest BCUT2D eigenvalue weighted by Gasteiger charge is -2.09. The second kappa shape index (κ2) is 11.6. The second-order valence-electron chi connectivity index (χ2n) is 6.74. The topological polar surface area (TPSA) is 59.8 Å². The maximum absolute atomic E-state index is 12.3. The number of thioether (sulfide) groups is 2. The van der Waals surface area contributed by atoms with Gasteiger partial charge in [-0.05, 0) is 30.7 Å². The molecule has 9 heteroatoms. The van der Waals surface area contributed by atoms with Crippen LogP contribution >= 0.6 is 46.7 Å². The molecule has 0 aliphatic rings. The number of allylic oxidation sites excluding steroid dienone is 1. The van der Waals surface area contributed by atoms with Crippen LogP contribution in [0.25, 0.3) is 0 Å². The van der Waals surface area contributed by atoms with Crippen molar-refractivity contribution < 1.29 is 4.79 Å². The minimum Gasteiger partial charge on any atom is -0.324 e.